The van der Waals surface area contributed by atoms with Crippen molar-refractivity contribution >= 4 is 11.7 Å². The van der Waals surface area contributed by atoms with Crippen molar-refractivity contribution in [2.45, 2.75) is 12.8 Å². The van der Waals surface area contributed by atoms with E-state index in [-0.39, 0.29) is 0 Å². The van der Waals surface area contributed by atoms with E-state index in [1.54, 1.807) is 0 Å². The Balaban J connectivity index is 2.08. The van der Waals surface area contributed by atoms with Gasteiger partial charge in [0, 0.05) is 12.2 Å². The Morgan fingerprint density at radius 2 is 1.89 bits per heavy atom. The van der Waals surface area contributed by atoms with Crippen molar-refractivity contribution in [3.8, 4) is 0 Å². The smallest absolute Gasteiger partial charge is 0.312 e. The van der Waals surface area contributed by atoms with Gasteiger partial charge < -0.3 is 10.4 Å². The molecule has 2 rings (SSSR count). The van der Waals surface area contributed by atoms with Gasteiger partial charge in [0.05, 0.1) is 5.92 Å². The first kappa shape index (κ1) is 13.1. The number of carboxylic acids is 1. The Labute approximate surface area is 112 Å². The third-order valence-corrected chi connectivity index (χ3v) is 3.03. The van der Waals surface area contributed by atoms with Gasteiger partial charge in [-0.3, -0.25) is 4.79 Å². The highest BCUT2D eigenvalue weighted by atomic mass is 16.4. The van der Waals surface area contributed by atoms with Crippen molar-refractivity contribution in [3.63, 3.8) is 0 Å². The Kier molecular flexibility index (Phi) is 4.18. The van der Waals surface area contributed by atoms with Gasteiger partial charge >= 0.3 is 5.97 Å². The highest BCUT2D eigenvalue weighted by molar-refractivity contribution is 5.77. The summed E-state index contributed by atoms with van der Waals surface area (Å²) in [6.07, 6.45) is 0. The van der Waals surface area contributed by atoms with Gasteiger partial charge in [-0.2, -0.15) is 0 Å². The molecule has 3 heteroatoms. The molecule has 3 nitrogen and oxygen atoms in total. The highest BCUT2D eigenvalue weighted by Gasteiger charge is 2.19. The number of hydrogen-bond acceptors (Lipinski definition) is 2. The number of benzene rings is 2. The molecule has 0 bridgehead atoms. The van der Waals surface area contributed by atoms with E-state index >= 15 is 0 Å². The molecule has 2 aromatic carbocycles. The minimum absolute atomic E-state index is 0.378. The van der Waals surface area contributed by atoms with Gasteiger partial charge in [0.1, 0.15) is 0 Å². The lowest BCUT2D eigenvalue weighted by molar-refractivity contribution is -0.138. The van der Waals surface area contributed by atoms with Crippen molar-refractivity contribution in [3.05, 3.63) is 65.7 Å². The van der Waals surface area contributed by atoms with E-state index in [4.69, 9.17) is 0 Å². The summed E-state index contributed by atoms with van der Waals surface area (Å²) in [6.45, 7) is 2.39. The molecule has 1 atom stereocenters. The van der Waals surface area contributed by atoms with E-state index in [0.717, 1.165) is 16.8 Å². The monoisotopic (exact) mass is 255 g/mol. The maximum absolute atomic E-state index is 11.3. The van der Waals surface area contributed by atoms with Crippen LogP contribution in [-0.2, 0) is 4.79 Å². The third-order valence-electron chi connectivity index (χ3n) is 3.03. The van der Waals surface area contributed by atoms with Gasteiger partial charge in [-0.1, -0.05) is 42.5 Å². The minimum Gasteiger partial charge on any atom is -0.481 e. The van der Waals surface area contributed by atoms with Crippen LogP contribution in [0.15, 0.2) is 54.6 Å². The summed E-state index contributed by atoms with van der Waals surface area (Å²) in [5.74, 6) is -1.35. The molecule has 0 amide bonds. The molecule has 2 N–H and O–H groups in total. The van der Waals surface area contributed by atoms with Crippen LogP contribution in [0, 0.1) is 6.92 Å². The van der Waals surface area contributed by atoms with Crippen molar-refractivity contribution in [2.24, 2.45) is 0 Å². The maximum atomic E-state index is 11.3. The zero-order valence-electron chi connectivity index (χ0n) is 10.8. The van der Waals surface area contributed by atoms with Gasteiger partial charge in [-0.25, -0.2) is 0 Å². The minimum atomic E-state index is -0.814. The molecule has 0 aromatic heterocycles. The molecular formula is C16H17NO2. The van der Waals surface area contributed by atoms with Crippen molar-refractivity contribution < 1.29 is 9.90 Å². The van der Waals surface area contributed by atoms with Crippen LogP contribution in [0.2, 0.25) is 0 Å². The van der Waals surface area contributed by atoms with Crippen LogP contribution in [0.4, 0.5) is 5.69 Å². The van der Waals surface area contributed by atoms with Crippen LogP contribution in [0.3, 0.4) is 0 Å². The maximum Gasteiger partial charge on any atom is 0.312 e. The number of carboxylic acid groups (broad SMARTS) is 1. The SMILES string of the molecule is Cc1cccc(NCC(C(=O)O)c2ccccc2)c1. The fraction of sp³-hybridized carbons (Fsp3) is 0.188. The van der Waals surface area contributed by atoms with E-state index in [2.05, 4.69) is 5.32 Å². The molecule has 19 heavy (non-hydrogen) atoms. The Hall–Kier alpha value is -2.29. The summed E-state index contributed by atoms with van der Waals surface area (Å²) in [5.41, 5.74) is 2.91. The normalized spacial score (nSPS) is 11.8. The molecule has 0 spiro atoms. The number of rotatable bonds is 5. The summed E-state index contributed by atoms with van der Waals surface area (Å²) in [7, 11) is 0. The lowest BCUT2D eigenvalue weighted by Gasteiger charge is -2.15. The highest BCUT2D eigenvalue weighted by Crippen LogP contribution is 2.18. The number of carbonyl (C=O) groups is 1. The largest absolute Gasteiger partial charge is 0.481 e. The molecule has 0 aliphatic rings. The van der Waals surface area contributed by atoms with E-state index in [9.17, 15) is 9.90 Å². The standard InChI is InChI=1S/C16H17NO2/c1-12-6-5-9-14(10-12)17-11-15(16(18)19)13-7-3-2-4-8-13/h2-10,15,17H,11H2,1H3,(H,18,19). The van der Waals surface area contributed by atoms with E-state index in [0.29, 0.717) is 6.54 Å². The second-order valence-electron chi connectivity index (χ2n) is 4.55. The third kappa shape index (κ3) is 3.58. The Morgan fingerprint density at radius 1 is 1.16 bits per heavy atom. The summed E-state index contributed by atoms with van der Waals surface area (Å²) < 4.78 is 0. The molecule has 0 aliphatic heterocycles. The molecule has 98 valence electrons. The molecule has 0 radical (unpaired) electrons. The van der Waals surface area contributed by atoms with E-state index in [1.807, 2.05) is 61.5 Å². The second kappa shape index (κ2) is 6.05. The van der Waals surface area contributed by atoms with Crippen molar-refractivity contribution in [2.75, 3.05) is 11.9 Å². The van der Waals surface area contributed by atoms with Gasteiger partial charge in [0.15, 0.2) is 0 Å². The molecule has 0 aliphatic carbocycles. The number of anilines is 1. The first-order valence-electron chi connectivity index (χ1n) is 6.25. The predicted molar refractivity (Wildman–Crippen MR) is 76.5 cm³/mol. The molecule has 2 aromatic rings. The van der Waals surface area contributed by atoms with E-state index < -0.39 is 11.9 Å². The number of nitrogens with one attached hydrogen (secondary N) is 1. The average Bonchev–Trinajstić information content (AvgIpc) is 2.40. The van der Waals surface area contributed by atoms with Gasteiger partial charge in [-0.15, -0.1) is 0 Å². The Morgan fingerprint density at radius 3 is 2.53 bits per heavy atom. The van der Waals surface area contributed by atoms with Gasteiger partial charge in [0.25, 0.3) is 0 Å². The first-order valence-corrected chi connectivity index (χ1v) is 6.25. The Bertz CT molecular complexity index is 552. The zero-order valence-corrected chi connectivity index (χ0v) is 10.8. The van der Waals surface area contributed by atoms with Crippen LogP contribution in [0.25, 0.3) is 0 Å². The first-order chi connectivity index (χ1) is 9.16. The van der Waals surface area contributed by atoms with E-state index in [1.165, 1.54) is 0 Å². The second-order valence-corrected chi connectivity index (χ2v) is 4.55. The zero-order chi connectivity index (χ0) is 13.7. The summed E-state index contributed by atoms with van der Waals surface area (Å²) in [6, 6.07) is 17.2. The molecule has 0 heterocycles. The van der Waals surface area contributed by atoms with Crippen LogP contribution in [0.5, 0.6) is 0 Å². The lowest BCUT2D eigenvalue weighted by Crippen LogP contribution is -2.20. The van der Waals surface area contributed by atoms with Crippen LogP contribution < -0.4 is 5.32 Å². The van der Waals surface area contributed by atoms with Crippen LogP contribution in [-0.4, -0.2) is 17.6 Å². The summed E-state index contributed by atoms with van der Waals surface area (Å²) in [4.78, 5) is 11.3. The summed E-state index contributed by atoms with van der Waals surface area (Å²) >= 11 is 0. The number of hydrogen-bond donors (Lipinski definition) is 2. The fourth-order valence-corrected chi connectivity index (χ4v) is 2.01. The summed E-state index contributed by atoms with van der Waals surface area (Å²) in [5, 5.41) is 12.5. The van der Waals surface area contributed by atoms with Crippen molar-refractivity contribution in [1.82, 2.24) is 0 Å². The topological polar surface area (TPSA) is 49.3 Å². The number of aryl methyl sites for hydroxylation is 1. The quantitative estimate of drug-likeness (QED) is 0.862. The van der Waals surface area contributed by atoms with Crippen LogP contribution in [0.1, 0.15) is 17.0 Å². The van der Waals surface area contributed by atoms with Crippen molar-refractivity contribution in [1.29, 1.82) is 0 Å². The molecular weight excluding hydrogens is 238 g/mol. The van der Waals surface area contributed by atoms with Gasteiger partial charge in [0.2, 0.25) is 0 Å². The predicted octanol–water partition coefficient (Wildman–Crippen LogP) is 3.28. The molecule has 0 saturated heterocycles. The van der Waals surface area contributed by atoms with Crippen LogP contribution >= 0.6 is 0 Å². The molecule has 0 fully saturated rings. The average molecular weight is 255 g/mol. The lowest BCUT2D eigenvalue weighted by atomic mass is 9.99. The molecule has 0 saturated carbocycles. The fourth-order valence-electron chi connectivity index (χ4n) is 2.01. The number of aliphatic carboxylic acids is 1. The molecule has 1 unspecified atom stereocenters. The van der Waals surface area contributed by atoms with Gasteiger partial charge in [-0.05, 0) is 30.2 Å².